The Labute approximate surface area is 153 Å². The monoisotopic (exact) mass is 528 g/mol. The Hall–Kier alpha value is -1.38. The van der Waals surface area contributed by atoms with Crippen molar-refractivity contribution in [3.8, 4) is 0 Å². The number of halogens is 3. The molecule has 5 heteroatoms. The van der Waals surface area contributed by atoms with E-state index in [1.165, 1.54) is 15.9 Å². The van der Waals surface area contributed by atoms with E-state index in [9.17, 15) is 13.2 Å². The van der Waals surface area contributed by atoms with Gasteiger partial charge in [0.25, 0.3) is 0 Å². The summed E-state index contributed by atoms with van der Waals surface area (Å²) in [5, 5.41) is 4.19. The van der Waals surface area contributed by atoms with E-state index in [4.69, 9.17) is 0 Å². The van der Waals surface area contributed by atoms with Gasteiger partial charge in [-0.15, -0.1) is 0 Å². The average Bonchev–Trinajstić information content (AvgIpc) is 2.57. The minimum absolute atomic E-state index is 0.446. The zero-order valence-corrected chi connectivity index (χ0v) is 15.6. The van der Waals surface area contributed by atoms with Gasteiger partial charge in [-0.25, -0.2) is 0 Å². The number of alkyl halides is 3. The third-order valence-electron chi connectivity index (χ3n) is 3.04. The minimum atomic E-state index is -4.06. The van der Waals surface area contributed by atoms with Crippen LogP contribution in [0.1, 0.15) is 0 Å². The molecule has 0 aliphatic carbocycles. The summed E-state index contributed by atoms with van der Waals surface area (Å²) in [6, 6.07) is 32.3. The van der Waals surface area contributed by atoms with Gasteiger partial charge in [-0.1, -0.05) is 91.0 Å². The molecule has 3 aromatic carbocycles. The fourth-order valence-corrected chi connectivity index (χ4v) is 4.48. The van der Waals surface area contributed by atoms with Gasteiger partial charge in [0.05, 0.1) is 0 Å². The van der Waals surface area contributed by atoms with Crippen molar-refractivity contribution >= 4 is 23.8 Å². The van der Waals surface area contributed by atoms with Gasteiger partial charge in [0.1, 0.15) is 0 Å². The summed E-state index contributed by atoms with van der Waals surface area (Å²) in [5.41, 5.74) is 0. The quantitative estimate of drug-likeness (QED) is 0.347. The van der Waals surface area contributed by atoms with Crippen molar-refractivity contribution in [1.29, 1.82) is 0 Å². The van der Waals surface area contributed by atoms with Crippen molar-refractivity contribution in [2.24, 2.45) is 0 Å². The van der Waals surface area contributed by atoms with E-state index < -0.39 is 12.3 Å². The molecule has 0 fully saturated rings. The van der Waals surface area contributed by atoms with Gasteiger partial charge in [-0.2, -0.15) is 0 Å². The molecule has 0 bridgehead atoms. The fourth-order valence-electron chi connectivity index (χ4n) is 2.18. The van der Waals surface area contributed by atoms with E-state index in [1.54, 1.807) is 0 Å². The van der Waals surface area contributed by atoms with E-state index in [1.807, 2.05) is 0 Å². The first-order valence-corrected chi connectivity index (χ1v) is 9.55. The average molecular weight is 528 g/mol. The van der Waals surface area contributed by atoms with Crippen LogP contribution < -0.4 is 15.9 Å². The molecule has 0 aliphatic heterocycles. The van der Waals surface area contributed by atoms with Crippen LogP contribution in [0.4, 0.5) is 13.2 Å². The van der Waals surface area contributed by atoms with E-state index in [2.05, 4.69) is 91.0 Å². The molecule has 0 atom stereocenters. The van der Waals surface area contributed by atoms with Crippen LogP contribution in [0.2, 0.25) is 0 Å². The summed E-state index contributed by atoms with van der Waals surface area (Å²) in [4.78, 5) is 0. The van der Waals surface area contributed by atoms with Gasteiger partial charge in [0.2, 0.25) is 0 Å². The van der Waals surface area contributed by atoms with Crippen molar-refractivity contribution in [3.63, 3.8) is 0 Å². The van der Waals surface area contributed by atoms with Crippen LogP contribution in [0, 0.1) is 0 Å². The Morgan fingerprint density at radius 2 is 0.750 bits per heavy atom. The summed E-state index contributed by atoms with van der Waals surface area (Å²) in [5.74, 6) is 0. The molecule has 0 saturated heterocycles. The first-order chi connectivity index (χ1) is 11.4. The predicted octanol–water partition coefficient (Wildman–Crippen LogP) is 4.50. The molecule has 0 aromatic heterocycles. The largest absolute Gasteiger partial charge is 0.0622 e. The SMILES string of the molecule is F[C](F)(F)[Au].c1ccc(P(c2ccccc2)c2ccccc2)cc1. The zero-order chi connectivity index (χ0) is 17.4. The Morgan fingerprint density at radius 1 is 0.542 bits per heavy atom. The molecule has 0 nitrogen and oxygen atoms in total. The van der Waals surface area contributed by atoms with Crippen molar-refractivity contribution in [2.45, 2.75) is 4.39 Å². The minimum Gasteiger partial charge on any atom is -0.0622 e. The van der Waals surface area contributed by atoms with Gasteiger partial charge in [-0.05, 0) is 23.8 Å². The molecule has 3 rings (SSSR count). The molecule has 0 heterocycles. The third kappa shape index (κ3) is 6.62. The van der Waals surface area contributed by atoms with E-state index in [-0.39, 0.29) is 0 Å². The van der Waals surface area contributed by atoms with E-state index >= 15 is 0 Å². The van der Waals surface area contributed by atoms with Gasteiger partial charge < -0.3 is 0 Å². The Balaban J connectivity index is 0.000000368. The smallest absolute Gasteiger partial charge is 0.0134 e. The maximum Gasteiger partial charge on any atom is -0.0134 e. The molecule has 3 aromatic rings. The third-order valence-corrected chi connectivity index (χ3v) is 5.49. The molecule has 0 spiro atoms. The molecular weight excluding hydrogens is 513 g/mol. The zero-order valence-electron chi connectivity index (χ0n) is 12.5. The van der Waals surface area contributed by atoms with Crippen LogP contribution in [0.3, 0.4) is 0 Å². The normalized spacial score (nSPS) is 10.9. The van der Waals surface area contributed by atoms with Crippen LogP contribution in [0.5, 0.6) is 0 Å². The maximum atomic E-state index is 10.3. The molecule has 24 heavy (non-hydrogen) atoms. The van der Waals surface area contributed by atoms with Crippen LogP contribution in [0.25, 0.3) is 0 Å². The molecule has 0 N–H and O–H groups in total. The Kier molecular flexibility index (Phi) is 7.26. The molecule has 0 amide bonds. The molecule has 128 valence electrons. The molecular formula is C19H15AuF3P. The fraction of sp³-hybridized carbons (Fsp3) is 0.0526. The molecule has 0 unspecified atom stereocenters. The van der Waals surface area contributed by atoms with Gasteiger partial charge in [0, 0.05) is 0 Å². The van der Waals surface area contributed by atoms with Gasteiger partial charge in [0.15, 0.2) is 0 Å². The standard InChI is InChI=1S/C18H15P.CF3.Au/c1-4-10-16(11-5-1)19(17-12-6-2-7-13-17)18-14-8-3-9-15-18;2-1(3)4;/h1-15H;;. The van der Waals surface area contributed by atoms with E-state index in [0.717, 1.165) is 0 Å². The second-order valence-corrected chi connectivity index (χ2v) is 8.18. The van der Waals surface area contributed by atoms with E-state index in [0.29, 0.717) is 21.1 Å². The van der Waals surface area contributed by atoms with Crippen molar-refractivity contribution in [2.75, 3.05) is 0 Å². The number of benzene rings is 3. The van der Waals surface area contributed by atoms with Crippen LogP contribution in [-0.2, 0) is 21.1 Å². The van der Waals surface area contributed by atoms with Crippen molar-refractivity contribution in [3.05, 3.63) is 91.0 Å². The summed E-state index contributed by atoms with van der Waals surface area (Å²) >= 11 is 0.539. The molecule has 0 saturated carbocycles. The number of hydrogen-bond acceptors (Lipinski definition) is 0. The van der Waals surface area contributed by atoms with Crippen molar-refractivity contribution < 1.29 is 34.2 Å². The molecule has 0 radical (unpaired) electrons. The summed E-state index contributed by atoms with van der Waals surface area (Å²) in [6.07, 6.45) is 0. The Morgan fingerprint density at radius 3 is 0.958 bits per heavy atom. The topological polar surface area (TPSA) is 0 Å². The van der Waals surface area contributed by atoms with Crippen LogP contribution >= 0.6 is 7.92 Å². The first kappa shape index (κ1) is 19.0. The molecule has 0 aliphatic rings. The first-order valence-electron chi connectivity index (χ1n) is 7.12. The summed E-state index contributed by atoms with van der Waals surface area (Å²) < 4.78 is 26.9. The number of rotatable bonds is 3. The van der Waals surface area contributed by atoms with Crippen LogP contribution in [0.15, 0.2) is 91.0 Å². The van der Waals surface area contributed by atoms with Gasteiger partial charge in [-0.3, -0.25) is 0 Å². The summed E-state index contributed by atoms with van der Waals surface area (Å²) in [7, 11) is -0.446. The maximum absolute atomic E-state index is 10.3. The second-order valence-electron chi connectivity index (χ2n) is 4.73. The van der Waals surface area contributed by atoms with Crippen molar-refractivity contribution in [1.82, 2.24) is 0 Å². The number of hydrogen-bond donors (Lipinski definition) is 0. The summed E-state index contributed by atoms with van der Waals surface area (Å²) in [6.45, 7) is 0. The van der Waals surface area contributed by atoms with Gasteiger partial charge >= 0.3 is 38.6 Å². The predicted molar refractivity (Wildman–Crippen MR) is 91.2 cm³/mol. The second kappa shape index (κ2) is 9.19. The van der Waals surface area contributed by atoms with Crippen LogP contribution in [-0.4, -0.2) is 4.39 Å². The Bertz CT molecular complexity index is 616.